The van der Waals surface area contributed by atoms with Gasteiger partial charge in [0.15, 0.2) is 0 Å². The third-order valence-electron chi connectivity index (χ3n) is 2.83. The Morgan fingerprint density at radius 2 is 1.80 bits per heavy atom. The van der Waals surface area contributed by atoms with E-state index in [2.05, 4.69) is 21.2 Å². The van der Waals surface area contributed by atoms with Crippen LogP contribution < -0.4 is 11.1 Å². The van der Waals surface area contributed by atoms with Crippen LogP contribution in [0, 0.1) is 6.92 Å². The highest BCUT2D eigenvalue weighted by molar-refractivity contribution is 9.10. The number of anilines is 3. The van der Waals surface area contributed by atoms with Crippen molar-refractivity contribution in [3.05, 3.63) is 52.0 Å². The van der Waals surface area contributed by atoms with Crippen molar-refractivity contribution in [2.45, 2.75) is 13.1 Å². The van der Waals surface area contributed by atoms with Gasteiger partial charge in [0.25, 0.3) is 0 Å². The average Bonchev–Trinajstić information content (AvgIpc) is 2.33. The van der Waals surface area contributed by atoms with Gasteiger partial charge in [-0.3, -0.25) is 0 Å². The Kier molecular flexibility index (Phi) is 3.94. The Morgan fingerprint density at radius 3 is 2.40 bits per heavy atom. The van der Waals surface area contributed by atoms with E-state index in [1.807, 2.05) is 19.1 Å². The first-order valence-electron chi connectivity index (χ1n) is 5.77. The quantitative estimate of drug-likeness (QED) is 0.743. The summed E-state index contributed by atoms with van der Waals surface area (Å²) < 4.78 is 39.3. The zero-order valence-corrected chi connectivity index (χ0v) is 12.1. The lowest BCUT2D eigenvalue weighted by Crippen LogP contribution is -2.09. The smallest absolute Gasteiger partial charge is 0.398 e. The number of hydrogen-bond donors (Lipinski definition) is 2. The minimum Gasteiger partial charge on any atom is -0.398 e. The lowest BCUT2D eigenvalue weighted by atomic mass is 10.1. The van der Waals surface area contributed by atoms with Crippen molar-refractivity contribution in [1.29, 1.82) is 0 Å². The summed E-state index contributed by atoms with van der Waals surface area (Å²) in [7, 11) is 0. The van der Waals surface area contributed by atoms with Gasteiger partial charge < -0.3 is 11.1 Å². The summed E-state index contributed by atoms with van der Waals surface area (Å²) in [5.41, 5.74) is 6.25. The molecule has 2 aromatic rings. The first-order chi connectivity index (χ1) is 9.27. The average molecular weight is 345 g/mol. The predicted octanol–water partition coefficient (Wildman–Crippen LogP) is 5.10. The molecule has 0 unspecified atom stereocenters. The highest BCUT2D eigenvalue weighted by atomic mass is 79.9. The van der Waals surface area contributed by atoms with Crippen LogP contribution in [0.25, 0.3) is 0 Å². The highest BCUT2D eigenvalue weighted by Crippen LogP contribution is 2.36. The molecule has 106 valence electrons. The van der Waals surface area contributed by atoms with Crippen molar-refractivity contribution in [2.75, 3.05) is 11.1 Å². The number of rotatable bonds is 2. The van der Waals surface area contributed by atoms with E-state index in [0.29, 0.717) is 5.69 Å². The predicted molar refractivity (Wildman–Crippen MR) is 78.0 cm³/mol. The van der Waals surface area contributed by atoms with E-state index in [0.717, 1.165) is 21.8 Å². The summed E-state index contributed by atoms with van der Waals surface area (Å²) in [5, 5.41) is 2.96. The normalized spacial score (nSPS) is 11.4. The second-order valence-corrected chi connectivity index (χ2v) is 5.30. The van der Waals surface area contributed by atoms with Crippen molar-refractivity contribution < 1.29 is 13.2 Å². The molecule has 0 saturated heterocycles. The highest BCUT2D eigenvalue weighted by Gasteiger charge is 2.33. The fourth-order valence-corrected chi connectivity index (χ4v) is 2.28. The number of nitrogens with two attached hydrogens (primary N) is 1. The first kappa shape index (κ1) is 14.7. The molecule has 0 aliphatic heterocycles. The third kappa shape index (κ3) is 3.25. The van der Waals surface area contributed by atoms with Gasteiger partial charge in [-0.25, -0.2) is 0 Å². The Labute approximate surface area is 122 Å². The maximum Gasteiger partial charge on any atom is 0.418 e. The molecular weight excluding hydrogens is 333 g/mol. The molecule has 0 heterocycles. The van der Waals surface area contributed by atoms with Gasteiger partial charge in [-0.15, -0.1) is 0 Å². The van der Waals surface area contributed by atoms with E-state index in [1.54, 1.807) is 6.07 Å². The van der Waals surface area contributed by atoms with E-state index >= 15 is 0 Å². The maximum atomic E-state index is 12.8. The number of halogens is 4. The topological polar surface area (TPSA) is 38.0 Å². The van der Waals surface area contributed by atoms with Gasteiger partial charge in [-0.05, 0) is 48.9 Å². The van der Waals surface area contributed by atoms with Gasteiger partial charge in [0.2, 0.25) is 0 Å². The molecule has 0 saturated carbocycles. The Hall–Kier alpha value is -1.69. The van der Waals surface area contributed by atoms with E-state index in [1.165, 1.54) is 12.1 Å². The minimum absolute atomic E-state index is 0.282. The first-order valence-corrected chi connectivity index (χ1v) is 6.56. The Morgan fingerprint density at radius 1 is 1.10 bits per heavy atom. The lowest BCUT2D eigenvalue weighted by molar-refractivity contribution is -0.136. The summed E-state index contributed by atoms with van der Waals surface area (Å²) >= 11 is 3.34. The van der Waals surface area contributed by atoms with Gasteiger partial charge in [0, 0.05) is 21.5 Å². The summed E-state index contributed by atoms with van der Waals surface area (Å²) in [5.74, 6) is 0. The van der Waals surface area contributed by atoms with Crippen LogP contribution in [-0.4, -0.2) is 0 Å². The molecule has 6 heteroatoms. The summed E-state index contributed by atoms with van der Waals surface area (Å²) in [6, 6.07) is 9.27. The van der Waals surface area contributed by atoms with Crippen molar-refractivity contribution >= 4 is 33.0 Å². The number of hydrogen-bond acceptors (Lipinski definition) is 2. The number of nitrogen functional groups attached to an aromatic ring is 1. The van der Waals surface area contributed by atoms with Crippen LogP contribution in [0.5, 0.6) is 0 Å². The van der Waals surface area contributed by atoms with Gasteiger partial charge in [-0.1, -0.05) is 15.9 Å². The van der Waals surface area contributed by atoms with Gasteiger partial charge in [0.05, 0.1) is 5.56 Å². The van der Waals surface area contributed by atoms with Gasteiger partial charge in [-0.2, -0.15) is 13.2 Å². The van der Waals surface area contributed by atoms with Crippen LogP contribution in [0.4, 0.5) is 30.2 Å². The molecular formula is C14H12BrF3N2. The van der Waals surface area contributed by atoms with Crippen LogP contribution in [0.2, 0.25) is 0 Å². The molecule has 0 amide bonds. The molecule has 0 bridgehead atoms. The summed E-state index contributed by atoms with van der Waals surface area (Å²) in [6.45, 7) is 1.87. The third-order valence-corrected chi connectivity index (χ3v) is 3.32. The molecule has 20 heavy (non-hydrogen) atoms. The number of benzene rings is 2. The van der Waals surface area contributed by atoms with Crippen LogP contribution in [-0.2, 0) is 6.18 Å². The van der Waals surface area contributed by atoms with Crippen LogP contribution in [0.3, 0.4) is 0 Å². The maximum absolute atomic E-state index is 12.8. The second kappa shape index (κ2) is 5.36. The molecule has 0 atom stereocenters. The Bertz CT molecular complexity index is 639. The van der Waals surface area contributed by atoms with E-state index in [-0.39, 0.29) is 5.69 Å². The zero-order valence-electron chi connectivity index (χ0n) is 10.6. The number of aryl methyl sites for hydroxylation is 1. The molecule has 0 aliphatic carbocycles. The summed E-state index contributed by atoms with van der Waals surface area (Å²) in [4.78, 5) is 0. The van der Waals surface area contributed by atoms with E-state index in [4.69, 9.17) is 5.73 Å². The van der Waals surface area contributed by atoms with Gasteiger partial charge >= 0.3 is 6.18 Å². The SMILES string of the molecule is Cc1cc(Br)ccc1Nc1ccc(N)c(C(F)(F)F)c1. The zero-order chi connectivity index (χ0) is 14.9. The fourth-order valence-electron chi connectivity index (χ4n) is 1.80. The molecule has 0 aromatic heterocycles. The van der Waals surface area contributed by atoms with Crippen LogP contribution in [0.1, 0.15) is 11.1 Å². The molecule has 2 rings (SSSR count). The number of alkyl halides is 3. The van der Waals surface area contributed by atoms with Crippen molar-refractivity contribution in [2.24, 2.45) is 0 Å². The van der Waals surface area contributed by atoms with Crippen LogP contribution >= 0.6 is 15.9 Å². The fraction of sp³-hybridized carbons (Fsp3) is 0.143. The molecule has 2 nitrogen and oxygen atoms in total. The van der Waals surface area contributed by atoms with Crippen molar-refractivity contribution in [1.82, 2.24) is 0 Å². The standard InChI is InChI=1S/C14H12BrF3N2/c1-8-6-9(15)2-5-13(8)20-10-3-4-12(19)11(7-10)14(16,17)18/h2-7,20H,19H2,1H3. The second-order valence-electron chi connectivity index (χ2n) is 4.38. The van der Waals surface area contributed by atoms with Crippen molar-refractivity contribution in [3.8, 4) is 0 Å². The van der Waals surface area contributed by atoms with Crippen LogP contribution in [0.15, 0.2) is 40.9 Å². The molecule has 0 fully saturated rings. The molecule has 2 aromatic carbocycles. The molecule has 0 radical (unpaired) electrons. The summed E-state index contributed by atoms with van der Waals surface area (Å²) in [6.07, 6.45) is -4.46. The number of nitrogens with one attached hydrogen (secondary N) is 1. The lowest BCUT2D eigenvalue weighted by Gasteiger charge is -2.14. The molecule has 0 spiro atoms. The molecule has 3 N–H and O–H groups in total. The monoisotopic (exact) mass is 344 g/mol. The minimum atomic E-state index is -4.46. The van der Waals surface area contributed by atoms with E-state index in [9.17, 15) is 13.2 Å². The molecule has 0 aliphatic rings. The van der Waals surface area contributed by atoms with Gasteiger partial charge in [0.1, 0.15) is 0 Å². The van der Waals surface area contributed by atoms with Crippen molar-refractivity contribution in [3.63, 3.8) is 0 Å². The Balaban J connectivity index is 2.35. The van der Waals surface area contributed by atoms with E-state index < -0.39 is 11.7 Å². The largest absolute Gasteiger partial charge is 0.418 e.